The van der Waals surface area contributed by atoms with Crippen LogP contribution in [0.25, 0.3) is 23.2 Å². The molecule has 3 aliphatic rings. The number of halogens is 2. The van der Waals surface area contributed by atoms with Gasteiger partial charge in [0.25, 0.3) is 0 Å². The third kappa shape index (κ3) is 10.2. The molecule has 6 heterocycles. The van der Waals surface area contributed by atoms with Crippen molar-refractivity contribution in [1.82, 2.24) is 50.7 Å². The molecule has 2 N–H and O–H groups in total. The van der Waals surface area contributed by atoms with Gasteiger partial charge in [0.05, 0.1) is 0 Å². The summed E-state index contributed by atoms with van der Waals surface area (Å²) in [5.74, 6) is -1.10. The Morgan fingerprint density at radius 2 is 1.17 bits per heavy atom. The van der Waals surface area contributed by atoms with Gasteiger partial charge in [0.15, 0.2) is 36.3 Å². The van der Waals surface area contributed by atoms with Gasteiger partial charge in [0.1, 0.15) is 11.6 Å². The van der Waals surface area contributed by atoms with Gasteiger partial charge in [0, 0.05) is 61.3 Å². The normalized spacial score (nSPS) is 16.7. The summed E-state index contributed by atoms with van der Waals surface area (Å²) in [6.45, 7) is 7.80. The summed E-state index contributed by atoms with van der Waals surface area (Å²) in [5, 5.41) is 48.6. The van der Waals surface area contributed by atoms with E-state index in [2.05, 4.69) is 55.0 Å². The van der Waals surface area contributed by atoms with E-state index in [0.29, 0.717) is 74.6 Å². The molecule has 20 nitrogen and oxygen atoms in total. The van der Waals surface area contributed by atoms with Crippen molar-refractivity contribution in [3.8, 4) is 23.2 Å². The van der Waals surface area contributed by atoms with Gasteiger partial charge in [-0.2, -0.15) is 9.59 Å². The van der Waals surface area contributed by atoms with E-state index in [9.17, 15) is 28.0 Å². The first-order valence-corrected chi connectivity index (χ1v) is 21.8. The number of piperidine rings is 2. The summed E-state index contributed by atoms with van der Waals surface area (Å²) in [6, 6.07) is 12.4. The maximum absolute atomic E-state index is 13.9. The highest BCUT2D eigenvalue weighted by molar-refractivity contribution is 6.00. The topological polar surface area (TPSA) is 254 Å². The molecule has 0 radical (unpaired) electrons. The van der Waals surface area contributed by atoms with Crippen molar-refractivity contribution in [3.63, 3.8) is 0 Å². The van der Waals surface area contributed by atoms with Crippen LogP contribution >= 0.6 is 0 Å². The number of nitrogens with zero attached hydrogens (tertiary/aromatic N) is 12. The largest absolute Gasteiger partial charge is 0.480 e. The molecule has 2 aromatic carbocycles. The fourth-order valence-corrected chi connectivity index (χ4v) is 8.38. The molecule has 22 heteroatoms. The molecule has 3 fully saturated rings. The molecule has 0 spiro atoms. The number of aromatic nitrogens is 10. The summed E-state index contributed by atoms with van der Waals surface area (Å²) in [5.41, 5.74) is 2.85. The number of carbonyl (C=O) groups excluding carboxylic acids is 2. The highest BCUT2D eigenvalue weighted by Crippen LogP contribution is 2.49. The van der Waals surface area contributed by atoms with Crippen molar-refractivity contribution in [2.24, 2.45) is 11.8 Å². The molecule has 1 unspecified atom stereocenters. The number of anilines is 2. The summed E-state index contributed by atoms with van der Waals surface area (Å²) in [6.07, 6.45) is 5.39. The van der Waals surface area contributed by atoms with Crippen LogP contribution in [-0.4, -0.2) is 111 Å². The van der Waals surface area contributed by atoms with Crippen LogP contribution in [-0.2, 0) is 28.1 Å². The third-order valence-corrected chi connectivity index (χ3v) is 12.6. The molecule has 1 saturated carbocycles. The first-order chi connectivity index (χ1) is 31.7. The molecule has 346 valence electrons. The number of aliphatic carboxylic acids is 2. The summed E-state index contributed by atoms with van der Waals surface area (Å²) in [7, 11) is 0. The lowest BCUT2D eigenvalue weighted by atomic mass is 9.83. The van der Waals surface area contributed by atoms with Crippen LogP contribution in [0.4, 0.5) is 20.4 Å². The Balaban J connectivity index is 0.000000179. The summed E-state index contributed by atoms with van der Waals surface area (Å²) in [4.78, 5) is 53.9. The van der Waals surface area contributed by atoms with Crippen molar-refractivity contribution in [1.29, 1.82) is 0 Å². The SMILES string of the molecule is CC1(c2ccc(F)cc2C(=O)C2CCN(c3cc(-c4nnn(CC(=O)O)n4)on3)CC2)CC1.CCC(C)c1ccc(F)cc1C(=O)C1CCN(c2cc(-c3nnn(CC(=O)O)n3)on2)CC1. The smallest absolute Gasteiger partial charge is 0.327 e. The zero-order valence-electron chi connectivity index (χ0n) is 36.5. The Kier molecular flexibility index (Phi) is 13.1. The number of carbonyl (C=O) groups is 4. The molecular weight excluding hydrogens is 863 g/mol. The van der Waals surface area contributed by atoms with Crippen LogP contribution in [0.3, 0.4) is 0 Å². The minimum absolute atomic E-state index is 0.00969. The van der Waals surface area contributed by atoms with Crippen LogP contribution in [0.5, 0.6) is 0 Å². The lowest BCUT2D eigenvalue weighted by Crippen LogP contribution is -2.37. The quantitative estimate of drug-likeness (QED) is 0.114. The van der Waals surface area contributed by atoms with E-state index in [1.165, 1.54) is 24.3 Å². The number of carboxylic acid groups (broad SMARTS) is 2. The number of Topliss-reactive ketones (excluding diaryl/α,β-unsaturated/α-hetero) is 2. The molecule has 2 saturated heterocycles. The second-order valence-electron chi connectivity index (χ2n) is 17.2. The number of hydrogen-bond acceptors (Lipinski definition) is 16. The number of benzene rings is 2. The lowest BCUT2D eigenvalue weighted by Gasteiger charge is -2.31. The number of hydrogen-bond donors (Lipinski definition) is 2. The Morgan fingerprint density at radius 1 is 0.712 bits per heavy atom. The highest BCUT2D eigenvalue weighted by atomic mass is 19.1. The predicted octanol–water partition coefficient (Wildman–Crippen LogP) is 5.87. The van der Waals surface area contributed by atoms with Crippen molar-refractivity contribution in [2.75, 3.05) is 36.0 Å². The average Bonchev–Trinajstić information content (AvgIpc) is 3.90. The molecule has 6 aromatic rings. The van der Waals surface area contributed by atoms with E-state index in [1.54, 1.807) is 24.3 Å². The highest BCUT2D eigenvalue weighted by Gasteiger charge is 2.42. The van der Waals surface area contributed by atoms with Gasteiger partial charge < -0.3 is 29.1 Å². The monoisotopic (exact) mass is 910 g/mol. The first-order valence-electron chi connectivity index (χ1n) is 21.8. The molecule has 9 rings (SSSR count). The third-order valence-electron chi connectivity index (χ3n) is 12.6. The maximum Gasteiger partial charge on any atom is 0.327 e. The molecular formula is C44H48F2N12O8. The summed E-state index contributed by atoms with van der Waals surface area (Å²) >= 11 is 0. The van der Waals surface area contributed by atoms with Gasteiger partial charge in [-0.1, -0.05) is 43.2 Å². The van der Waals surface area contributed by atoms with Gasteiger partial charge in [-0.05, 0) is 102 Å². The number of carboxylic acids is 2. The summed E-state index contributed by atoms with van der Waals surface area (Å²) < 4.78 is 38.5. The van der Waals surface area contributed by atoms with Crippen molar-refractivity contribution >= 4 is 35.1 Å². The molecule has 0 bridgehead atoms. The lowest BCUT2D eigenvalue weighted by molar-refractivity contribution is -0.139. The van der Waals surface area contributed by atoms with Gasteiger partial charge in [0.2, 0.25) is 23.2 Å². The molecule has 0 amide bonds. The fourth-order valence-electron chi connectivity index (χ4n) is 8.38. The zero-order valence-corrected chi connectivity index (χ0v) is 36.5. The van der Waals surface area contributed by atoms with Crippen LogP contribution in [0.15, 0.2) is 57.6 Å². The predicted molar refractivity (Wildman–Crippen MR) is 229 cm³/mol. The Labute approximate surface area is 375 Å². The standard InChI is InChI=1S/C22H23FN6O4.C22H25FN6O4/c1-22(6-7-22)16-3-2-14(23)10-15(16)20(32)13-4-8-28(9-5-13)18-11-17(33-26-18)21-24-27-29(25-21)12-19(30)31;1-3-13(2)16-5-4-15(23)10-17(16)21(32)14-6-8-28(9-7-14)19-11-18(33-26-19)22-24-27-29(25-22)12-20(30)31/h2-3,10-11,13H,4-9,12H2,1H3,(H,30,31);4-5,10-11,13-14H,3,6-9,12H2,1-2H3,(H,30,31). The number of ketones is 2. The van der Waals surface area contributed by atoms with Gasteiger partial charge in [-0.25, -0.2) is 8.78 Å². The van der Waals surface area contributed by atoms with Gasteiger partial charge in [-0.15, -0.1) is 20.4 Å². The zero-order chi connectivity index (χ0) is 46.7. The minimum atomic E-state index is -1.08. The van der Waals surface area contributed by atoms with Crippen molar-refractivity contribution in [2.45, 2.75) is 90.1 Å². The second-order valence-corrected chi connectivity index (χ2v) is 17.2. The Morgan fingerprint density at radius 3 is 1.62 bits per heavy atom. The maximum atomic E-state index is 13.9. The Bertz CT molecular complexity index is 2730. The van der Waals surface area contributed by atoms with E-state index in [0.717, 1.165) is 40.0 Å². The van der Waals surface area contributed by atoms with Crippen LogP contribution in [0.2, 0.25) is 0 Å². The van der Waals surface area contributed by atoms with Gasteiger partial charge >= 0.3 is 11.9 Å². The van der Waals surface area contributed by atoms with Crippen LogP contribution < -0.4 is 9.80 Å². The van der Waals surface area contributed by atoms with Crippen LogP contribution in [0.1, 0.15) is 103 Å². The second kappa shape index (κ2) is 19.1. The van der Waals surface area contributed by atoms with Crippen LogP contribution in [0, 0.1) is 23.5 Å². The fraction of sp³-hybridized carbons (Fsp3) is 0.455. The van der Waals surface area contributed by atoms with E-state index >= 15 is 0 Å². The first kappa shape index (κ1) is 45.3. The van der Waals surface area contributed by atoms with Crippen molar-refractivity contribution in [3.05, 3.63) is 82.4 Å². The van der Waals surface area contributed by atoms with E-state index in [1.807, 2.05) is 16.7 Å². The molecule has 1 atom stereocenters. The molecule has 1 aliphatic carbocycles. The number of tetrazole rings is 2. The van der Waals surface area contributed by atoms with E-state index in [-0.39, 0.29) is 63.7 Å². The molecule has 4 aromatic heterocycles. The van der Waals surface area contributed by atoms with Gasteiger partial charge in [-0.3, -0.25) is 19.2 Å². The minimum Gasteiger partial charge on any atom is -0.480 e. The average molecular weight is 911 g/mol. The van der Waals surface area contributed by atoms with E-state index in [4.69, 9.17) is 19.3 Å². The van der Waals surface area contributed by atoms with Crippen molar-refractivity contribution < 1.29 is 47.2 Å². The Hall–Kier alpha value is -7.26. The molecule has 2 aliphatic heterocycles. The number of rotatable bonds is 15. The van der Waals surface area contributed by atoms with E-state index < -0.39 is 30.8 Å². The molecule has 66 heavy (non-hydrogen) atoms.